The topological polar surface area (TPSA) is 68.1 Å². The standard InChI is InChI=1S/C13H15NO4/c1-9(15)13(12(16)17-2)8-11(14-18-13)10-6-4-3-5-7-10/h3-7,9,15H,8H2,1-2H3/t9-,13-/m1/s1. The van der Waals surface area contributed by atoms with E-state index in [2.05, 4.69) is 9.89 Å². The lowest BCUT2D eigenvalue weighted by atomic mass is 9.90. The van der Waals surface area contributed by atoms with E-state index in [0.29, 0.717) is 5.71 Å². The van der Waals surface area contributed by atoms with Crippen LogP contribution in [0.1, 0.15) is 18.9 Å². The Morgan fingerprint density at radius 3 is 2.72 bits per heavy atom. The molecule has 2 rings (SSSR count). The Morgan fingerprint density at radius 1 is 1.50 bits per heavy atom. The first-order chi connectivity index (χ1) is 8.60. The SMILES string of the molecule is COC(=O)[C@]1([C@@H](C)O)CC(c2ccccc2)=NO1. The summed E-state index contributed by atoms with van der Waals surface area (Å²) < 4.78 is 4.69. The van der Waals surface area contributed by atoms with Crippen molar-refractivity contribution in [3.05, 3.63) is 35.9 Å². The van der Waals surface area contributed by atoms with E-state index in [0.717, 1.165) is 5.56 Å². The summed E-state index contributed by atoms with van der Waals surface area (Å²) in [6, 6.07) is 9.38. The molecule has 1 heterocycles. The highest BCUT2D eigenvalue weighted by molar-refractivity contribution is 6.04. The first-order valence-electron chi connectivity index (χ1n) is 5.67. The van der Waals surface area contributed by atoms with Gasteiger partial charge in [-0.3, -0.25) is 0 Å². The zero-order valence-corrected chi connectivity index (χ0v) is 10.3. The molecule has 96 valence electrons. The number of hydrogen-bond acceptors (Lipinski definition) is 5. The quantitative estimate of drug-likeness (QED) is 0.815. The summed E-state index contributed by atoms with van der Waals surface area (Å²) in [4.78, 5) is 17.0. The van der Waals surface area contributed by atoms with Crippen molar-refractivity contribution >= 4 is 11.7 Å². The minimum atomic E-state index is -1.43. The monoisotopic (exact) mass is 249 g/mol. The fourth-order valence-electron chi connectivity index (χ4n) is 1.91. The Kier molecular flexibility index (Phi) is 3.34. The molecule has 5 heteroatoms. The molecule has 0 amide bonds. The fraction of sp³-hybridized carbons (Fsp3) is 0.385. The smallest absolute Gasteiger partial charge is 0.356 e. The van der Waals surface area contributed by atoms with Crippen molar-refractivity contribution in [1.82, 2.24) is 0 Å². The molecule has 0 bridgehead atoms. The van der Waals surface area contributed by atoms with Crippen molar-refractivity contribution in [2.75, 3.05) is 7.11 Å². The average Bonchev–Trinajstić information content (AvgIpc) is 2.85. The number of aliphatic hydroxyl groups excluding tert-OH is 1. The van der Waals surface area contributed by atoms with Gasteiger partial charge in [-0.15, -0.1) is 0 Å². The Balaban J connectivity index is 2.25. The third kappa shape index (κ3) is 1.97. The van der Waals surface area contributed by atoms with Crippen LogP contribution in [0.15, 0.2) is 35.5 Å². The number of ether oxygens (including phenoxy) is 1. The second kappa shape index (κ2) is 4.78. The normalized spacial score (nSPS) is 24.1. The molecule has 5 nitrogen and oxygen atoms in total. The van der Waals surface area contributed by atoms with Gasteiger partial charge in [-0.05, 0) is 12.5 Å². The van der Waals surface area contributed by atoms with Gasteiger partial charge in [0.25, 0.3) is 5.60 Å². The van der Waals surface area contributed by atoms with E-state index in [1.54, 1.807) is 0 Å². The molecule has 1 aliphatic heterocycles. The summed E-state index contributed by atoms with van der Waals surface area (Å²) in [6.45, 7) is 1.49. The highest BCUT2D eigenvalue weighted by Gasteiger charge is 2.52. The Hall–Kier alpha value is -1.88. The summed E-state index contributed by atoms with van der Waals surface area (Å²) in [6.07, 6.45) is -0.809. The maximum atomic E-state index is 11.8. The predicted molar refractivity (Wildman–Crippen MR) is 65.1 cm³/mol. The number of aliphatic hydroxyl groups is 1. The summed E-state index contributed by atoms with van der Waals surface area (Å²) >= 11 is 0. The molecule has 0 saturated heterocycles. The minimum Gasteiger partial charge on any atom is -0.466 e. The molecule has 0 saturated carbocycles. The number of nitrogens with zero attached hydrogens (tertiary/aromatic N) is 1. The van der Waals surface area contributed by atoms with Crippen molar-refractivity contribution in [2.45, 2.75) is 25.0 Å². The van der Waals surface area contributed by atoms with Crippen LogP contribution in [0.25, 0.3) is 0 Å². The van der Waals surface area contributed by atoms with Gasteiger partial charge in [-0.25, -0.2) is 4.79 Å². The van der Waals surface area contributed by atoms with Gasteiger partial charge in [0, 0.05) is 0 Å². The first kappa shape index (κ1) is 12.6. The molecule has 18 heavy (non-hydrogen) atoms. The number of carbonyl (C=O) groups excluding carboxylic acids is 1. The predicted octanol–water partition coefficient (Wildman–Crippen LogP) is 1.10. The minimum absolute atomic E-state index is 0.196. The van der Waals surface area contributed by atoms with Gasteiger partial charge in [-0.2, -0.15) is 0 Å². The van der Waals surface area contributed by atoms with Crippen molar-refractivity contribution in [3.63, 3.8) is 0 Å². The summed E-state index contributed by atoms with van der Waals surface area (Å²) in [5, 5.41) is 13.7. The molecule has 0 radical (unpaired) electrons. The number of hydrogen-bond donors (Lipinski definition) is 1. The molecule has 0 aromatic heterocycles. The van der Waals surface area contributed by atoms with E-state index in [1.165, 1.54) is 14.0 Å². The van der Waals surface area contributed by atoms with Gasteiger partial charge in [0.05, 0.1) is 19.2 Å². The molecule has 1 aromatic rings. The van der Waals surface area contributed by atoms with Crippen LogP contribution in [-0.4, -0.2) is 35.6 Å². The van der Waals surface area contributed by atoms with Crippen LogP contribution in [0.5, 0.6) is 0 Å². The third-order valence-electron chi connectivity index (χ3n) is 3.06. The van der Waals surface area contributed by atoms with Gasteiger partial charge in [0.15, 0.2) is 0 Å². The molecule has 0 aliphatic carbocycles. The molecule has 0 fully saturated rings. The molecule has 0 spiro atoms. The molecule has 1 aliphatic rings. The Labute approximate surface area is 105 Å². The van der Waals surface area contributed by atoms with Gasteiger partial charge in [0.1, 0.15) is 6.10 Å². The molecule has 1 aromatic carbocycles. The van der Waals surface area contributed by atoms with E-state index in [9.17, 15) is 9.90 Å². The highest BCUT2D eigenvalue weighted by atomic mass is 16.7. The largest absolute Gasteiger partial charge is 0.466 e. The average molecular weight is 249 g/mol. The summed E-state index contributed by atoms with van der Waals surface area (Å²) in [5.74, 6) is -0.618. The number of benzene rings is 1. The third-order valence-corrected chi connectivity index (χ3v) is 3.06. The fourth-order valence-corrected chi connectivity index (χ4v) is 1.91. The van der Waals surface area contributed by atoms with Crippen molar-refractivity contribution in [1.29, 1.82) is 0 Å². The van der Waals surface area contributed by atoms with E-state index in [-0.39, 0.29) is 6.42 Å². The number of rotatable bonds is 3. The van der Waals surface area contributed by atoms with Crippen LogP contribution in [0.2, 0.25) is 0 Å². The lowest BCUT2D eigenvalue weighted by Crippen LogP contribution is -2.49. The molecule has 1 N–H and O–H groups in total. The van der Waals surface area contributed by atoms with E-state index < -0.39 is 17.7 Å². The maximum absolute atomic E-state index is 11.8. The van der Waals surface area contributed by atoms with E-state index in [1.807, 2.05) is 30.3 Å². The van der Waals surface area contributed by atoms with Crippen LogP contribution in [0, 0.1) is 0 Å². The lowest BCUT2D eigenvalue weighted by molar-refractivity contribution is -0.179. The van der Waals surface area contributed by atoms with E-state index in [4.69, 9.17) is 4.84 Å². The second-order valence-electron chi connectivity index (χ2n) is 4.23. The van der Waals surface area contributed by atoms with Gasteiger partial charge < -0.3 is 14.7 Å². The van der Waals surface area contributed by atoms with Crippen LogP contribution in [0.3, 0.4) is 0 Å². The van der Waals surface area contributed by atoms with Crippen LogP contribution >= 0.6 is 0 Å². The van der Waals surface area contributed by atoms with E-state index >= 15 is 0 Å². The Bertz CT molecular complexity index is 469. The van der Waals surface area contributed by atoms with Crippen LogP contribution in [-0.2, 0) is 14.4 Å². The highest BCUT2D eigenvalue weighted by Crippen LogP contribution is 2.31. The number of carbonyl (C=O) groups is 1. The van der Waals surface area contributed by atoms with Crippen molar-refractivity contribution < 1.29 is 19.5 Å². The lowest BCUT2D eigenvalue weighted by Gasteiger charge is -2.26. The van der Waals surface area contributed by atoms with Crippen LogP contribution in [0.4, 0.5) is 0 Å². The zero-order valence-electron chi connectivity index (χ0n) is 10.3. The zero-order chi connectivity index (χ0) is 13.2. The summed E-state index contributed by atoms with van der Waals surface area (Å²) in [5.41, 5.74) is 0.0609. The van der Waals surface area contributed by atoms with Gasteiger partial charge >= 0.3 is 5.97 Å². The van der Waals surface area contributed by atoms with Gasteiger partial charge in [0.2, 0.25) is 0 Å². The first-order valence-corrected chi connectivity index (χ1v) is 5.67. The second-order valence-corrected chi connectivity index (χ2v) is 4.23. The van der Waals surface area contributed by atoms with Crippen molar-refractivity contribution in [2.24, 2.45) is 5.16 Å². The van der Waals surface area contributed by atoms with Crippen LogP contribution < -0.4 is 0 Å². The maximum Gasteiger partial charge on any atom is 0.356 e. The van der Waals surface area contributed by atoms with Crippen molar-refractivity contribution in [3.8, 4) is 0 Å². The molecular weight excluding hydrogens is 234 g/mol. The number of methoxy groups -OCH3 is 1. The number of oxime groups is 1. The Morgan fingerprint density at radius 2 is 2.17 bits per heavy atom. The number of esters is 1. The van der Waals surface area contributed by atoms with Gasteiger partial charge in [-0.1, -0.05) is 35.5 Å². The molecule has 0 unspecified atom stereocenters. The summed E-state index contributed by atoms with van der Waals surface area (Å²) in [7, 11) is 1.26. The molecule has 2 atom stereocenters. The molecular formula is C13H15NO4.